The van der Waals surface area contributed by atoms with Gasteiger partial charge in [-0.3, -0.25) is 4.79 Å². The van der Waals surface area contributed by atoms with Crippen LogP contribution in [0.2, 0.25) is 0 Å². The summed E-state index contributed by atoms with van der Waals surface area (Å²) in [6, 6.07) is 21.9. The van der Waals surface area contributed by atoms with Gasteiger partial charge in [-0.2, -0.15) is 5.26 Å². The minimum Gasteiger partial charge on any atom is -0.310 e. The Balaban J connectivity index is 2.07. The number of nitrogens with zero attached hydrogens (tertiary/aromatic N) is 2. The van der Waals surface area contributed by atoms with E-state index in [2.05, 4.69) is 6.07 Å². The molecule has 25 heavy (non-hydrogen) atoms. The standard InChI is InChI=1S/C22H16N2O/c1-14-17(13-23)19(15-9-5-3-6-10-15)20-18(14)21(24(2)22(20)25)16-11-7-4-8-12-16/h3-12H,1-2H3. The zero-order chi connectivity index (χ0) is 17.6. The molecule has 1 aliphatic carbocycles. The second kappa shape index (κ2) is 5.61. The van der Waals surface area contributed by atoms with Gasteiger partial charge in [-0.15, -0.1) is 0 Å². The number of nitriles is 1. The summed E-state index contributed by atoms with van der Waals surface area (Å²) >= 11 is 0. The van der Waals surface area contributed by atoms with Gasteiger partial charge in [0.2, 0.25) is 0 Å². The molecule has 3 nitrogen and oxygen atoms in total. The molecular formula is C22H16N2O. The van der Waals surface area contributed by atoms with Crippen molar-refractivity contribution in [3.05, 3.63) is 94.1 Å². The van der Waals surface area contributed by atoms with E-state index in [1.165, 1.54) is 0 Å². The van der Waals surface area contributed by atoms with Crippen molar-refractivity contribution in [2.75, 3.05) is 7.05 Å². The summed E-state index contributed by atoms with van der Waals surface area (Å²) in [7, 11) is 1.80. The number of benzene rings is 2. The first-order valence-corrected chi connectivity index (χ1v) is 8.14. The number of carbonyl (C=O) groups excluding carboxylic acids is 1. The van der Waals surface area contributed by atoms with Crippen LogP contribution in [0.15, 0.2) is 83.0 Å². The van der Waals surface area contributed by atoms with Crippen LogP contribution in [0.25, 0.3) is 11.3 Å². The molecule has 4 rings (SSSR count). The van der Waals surface area contributed by atoms with Crippen molar-refractivity contribution in [3.63, 3.8) is 0 Å². The van der Waals surface area contributed by atoms with Crippen LogP contribution in [-0.2, 0) is 4.79 Å². The van der Waals surface area contributed by atoms with E-state index in [0.717, 1.165) is 33.5 Å². The third-order valence-corrected chi connectivity index (χ3v) is 4.81. The van der Waals surface area contributed by atoms with Gasteiger partial charge in [0.25, 0.3) is 5.91 Å². The molecule has 2 aromatic carbocycles. The molecule has 0 fully saturated rings. The average molecular weight is 324 g/mol. The summed E-state index contributed by atoms with van der Waals surface area (Å²) in [5, 5.41) is 9.74. The Morgan fingerprint density at radius 1 is 0.840 bits per heavy atom. The van der Waals surface area contributed by atoms with E-state index in [0.29, 0.717) is 11.1 Å². The predicted molar refractivity (Wildman–Crippen MR) is 97.8 cm³/mol. The Labute approximate surface area is 146 Å². The summed E-state index contributed by atoms with van der Waals surface area (Å²) in [5.74, 6) is -0.0580. The molecule has 0 bridgehead atoms. The van der Waals surface area contributed by atoms with Gasteiger partial charge in [0, 0.05) is 18.2 Å². The minimum atomic E-state index is -0.0580. The normalized spacial score (nSPS) is 16.7. The summed E-state index contributed by atoms with van der Waals surface area (Å²) in [5.41, 5.74) is 6.48. The Kier molecular flexibility index (Phi) is 3.40. The summed E-state index contributed by atoms with van der Waals surface area (Å²) in [6.45, 7) is 1.93. The van der Waals surface area contributed by atoms with Gasteiger partial charge in [0.15, 0.2) is 0 Å². The molecule has 0 saturated heterocycles. The fourth-order valence-electron chi connectivity index (χ4n) is 3.66. The number of carbonyl (C=O) groups is 1. The van der Waals surface area contributed by atoms with Crippen LogP contribution < -0.4 is 0 Å². The Bertz CT molecular complexity index is 1020. The van der Waals surface area contributed by atoms with E-state index < -0.39 is 0 Å². The van der Waals surface area contributed by atoms with Crippen molar-refractivity contribution >= 4 is 17.2 Å². The van der Waals surface area contributed by atoms with Crippen molar-refractivity contribution in [1.82, 2.24) is 4.90 Å². The summed E-state index contributed by atoms with van der Waals surface area (Å²) in [4.78, 5) is 14.7. The highest BCUT2D eigenvalue weighted by Crippen LogP contribution is 2.50. The first-order valence-electron chi connectivity index (χ1n) is 8.14. The molecule has 2 aromatic rings. The molecule has 0 unspecified atom stereocenters. The van der Waals surface area contributed by atoms with Crippen LogP contribution in [-0.4, -0.2) is 17.9 Å². The molecule has 120 valence electrons. The first kappa shape index (κ1) is 15.2. The lowest BCUT2D eigenvalue weighted by Crippen LogP contribution is -2.20. The SMILES string of the molecule is CC1=C(C#N)C(c2ccccc2)=C2C(=O)N(C)C(c3ccccc3)=C12. The summed E-state index contributed by atoms with van der Waals surface area (Å²) in [6.07, 6.45) is 0. The zero-order valence-electron chi connectivity index (χ0n) is 14.1. The highest BCUT2D eigenvalue weighted by atomic mass is 16.2. The van der Waals surface area contributed by atoms with E-state index in [-0.39, 0.29) is 5.91 Å². The molecule has 1 heterocycles. The molecule has 0 spiro atoms. The molecule has 0 aromatic heterocycles. The lowest BCUT2D eigenvalue weighted by molar-refractivity contribution is -0.122. The fraction of sp³-hybridized carbons (Fsp3) is 0.0909. The van der Waals surface area contributed by atoms with Crippen molar-refractivity contribution in [2.24, 2.45) is 0 Å². The number of allylic oxidation sites excluding steroid dienone is 3. The lowest BCUT2D eigenvalue weighted by Gasteiger charge is -2.16. The minimum absolute atomic E-state index is 0.0580. The third kappa shape index (κ3) is 2.08. The number of likely N-dealkylation sites (N-methyl/N-ethyl adjacent to an activating group) is 1. The van der Waals surface area contributed by atoms with Crippen LogP contribution >= 0.6 is 0 Å². The van der Waals surface area contributed by atoms with Gasteiger partial charge in [-0.25, -0.2) is 0 Å². The predicted octanol–water partition coefficient (Wildman–Crippen LogP) is 4.18. The van der Waals surface area contributed by atoms with Crippen molar-refractivity contribution in [3.8, 4) is 6.07 Å². The maximum atomic E-state index is 13.1. The van der Waals surface area contributed by atoms with Gasteiger partial charge in [0.1, 0.15) is 6.07 Å². The topological polar surface area (TPSA) is 44.1 Å². The maximum Gasteiger partial charge on any atom is 0.259 e. The lowest BCUT2D eigenvalue weighted by atomic mass is 9.97. The van der Waals surface area contributed by atoms with Gasteiger partial charge < -0.3 is 4.90 Å². The quantitative estimate of drug-likeness (QED) is 0.832. The maximum absolute atomic E-state index is 13.1. The molecule has 0 radical (unpaired) electrons. The van der Waals surface area contributed by atoms with Crippen molar-refractivity contribution < 1.29 is 4.79 Å². The van der Waals surface area contributed by atoms with Crippen LogP contribution in [0, 0.1) is 11.3 Å². The highest BCUT2D eigenvalue weighted by Gasteiger charge is 2.42. The molecule has 0 N–H and O–H groups in total. The molecular weight excluding hydrogens is 308 g/mol. The number of amides is 1. The fourth-order valence-corrected chi connectivity index (χ4v) is 3.66. The first-order chi connectivity index (χ1) is 12.1. The average Bonchev–Trinajstić information content (AvgIpc) is 3.09. The van der Waals surface area contributed by atoms with E-state index in [9.17, 15) is 10.1 Å². The molecule has 0 atom stereocenters. The van der Waals surface area contributed by atoms with Crippen LogP contribution in [0.4, 0.5) is 0 Å². The van der Waals surface area contributed by atoms with Crippen LogP contribution in [0.1, 0.15) is 18.1 Å². The number of fused-ring (bicyclic) bond motifs is 1. The second-order valence-electron chi connectivity index (χ2n) is 6.18. The van der Waals surface area contributed by atoms with E-state index in [4.69, 9.17) is 0 Å². The Morgan fingerprint density at radius 2 is 1.40 bits per heavy atom. The van der Waals surface area contributed by atoms with Crippen LogP contribution in [0.3, 0.4) is 0 Å². The molecule has 2 aliphatic rings. The zero-order valence-corrected chi connectivity index (χ0v) is 14.1. The van der Waals surface area contributed by atoms with Crippen molar-refractivity contribution in [1.29, 1.82) is 5.26 Å². The highest BCUT2D eigenvalue weighted by molar-refractivity contribution is 6.21. The Hall–Kier alpha value is -3.38. The van der Waals surface area contributed by atoms with E-state index in [1.807, 2.05) is 67.6 Å². The number of rotatable bonds is 2. The van der Waals surface area contributed by atoms with E-state index >= 15 is 0 Å². The summed E-state index contributed by atoms with van der Waals surface area (Å²) < 4.78 is 0. The van der Waals surface area contributed by atoms with Crippen molar-refractivity contribution in [2.45, 2.75) is 6.92 Å². The number of hydrogen-bond acceptors (Lipinski definition) is 2. The molecule has 1 aliphatic heterocycles. The van der Waals surface area contributed by atoms with Gasteiger partial charge >= 0.3 is 0 Å². The largest absolute Gasteiger partial charge is 0.310 e. The monoisotopic (exact) mass is 324 g/mol. The second-order valence-corrected chi connectivity index (χ2v) is 6.18. The third-order valence-electron chi connectivity index (χ3n) is 4.81. The molecule has 3 heteroatoms. The van der Waals surface area contributed by atoms with Gasteiger partial charge in [-0.1, -0.05) is 60.7 Å². The number of hydrogen-bond donors (Lipinski definition) is 0. The van der Waals surface area contributed by atoms with Gasteiger partial charge in [0.05, 0.1) is 16.8 Å². The van der Waals surface area contributed by atoms with Crippen LogP contribution in [0.5, 0.6) is 0 Å². The molecule has 0 saturated carbocycles. The van der Waals surface area contributed by atoms with Gasteiger partial charge in [-0.05, 0) is 23.6 Å². The smallest absolute Gasteiger partial charge is 0.259 e. The van der Waals surface area contributed by atoms with E-state index in [1.54, 1.807) is 11.9 Å². The Morgan fingerprint density at radius 3 is 1.96 bits per heavy atom. The molecule has 1 amide bonds.